The molecule has 1 radical (unpaired) electrons. The molecule has 0 atom stereocenters. The molecular weight excluding hydrogens is 272 g/mol. The minimum atomic E-state index is -1.39. The molecule has 0 bridgehead atoms. The van der Waals surface area contributed by atoms with Crippen molar-refractivity contribution in [1.29, 1.82) is 0 Å². The van der Waals surface area contributed by atoms with Crippen LogP contribution in [0.4, 0.5) is 0 Å². The molecule has 0 fully saturated rings. The van der Waals surface area contributed by atoms with Crippen LogP contribution in [0, 0.1) is 16.9 Å². The van der Waals surface area contributed by atoms with Crippen LogP contribution >= 0.6 is 0 Å². The highest BCUT2D eigenvalue weighted by Gasteiger charge is 2.47. The Kier molecular flexibility index (Phi) is 8.65. The number of hydrogen-bond acceptors (Lipinski definition) is 4. The molecule has 0 rings (SSSR count). The van der Waals surface area contributed by atoms with Crippen molar-refractivity contribution in [3.8, 4) is 11.5 Å². The Labute approximate surface area is 123 Å². The van der Waals surface area contributed by atoms with Crippen LogP contribution in [0.15, 0.2) is 12.7 Å². The molecule has 5 heteroatoms. The highest BCUT2D eigenvalue weighted by atomic mass is 28.3. The van der Waals surface area contributed by atoms with E-state index < -0.39 is 26.2 Å². The summed E-state index contributed by atoms with van der Waals surface area (Å²) in [4.78, 5) is 24.4. The molecule has 0 saturated carbocycles. The minimum absolute atomic E-state index is 0.104. The van der Waals surface area contributed by atoms with Crippen molar-refractivity contribution >= 4 is 20.7 Å². The average Bonchev–Trinajstić information content (AvgIpc) is 2.37. The van der Waals surface area contributed by atoms with Crippen LogP contribution in [0.3, 0.4) is 0 Å². The maximum atomic E-state index is 12.2. The molecule has 0 aromatic carbocycles. The fourth-order valence-corrected chi connectivity index (χ4v) is 2.07. The molecule has 0 heterocycles. The number of esters is 2. The lowest BCUT2D eigenvalue weighted by molar-refractivity contribution is -0.171. The molecule has 4 nitrogen and oxygen atoms in total. The van der Waals surface area contributed by atoms with Crippen molar-refractivity contribution in [2.75, 3.05) is 13.2 Å². The first-order valence-electron chi connectivity index (χ1n) is 6.69. The van der Waals surface area contributed by atoms with Gasteiger partial charge in [0.1, 0.15) is 8.80 Å². The SMILES string of the molecule is C=CCC(CC#C[Si](C)C)(C(=O)OCC)C(=O)OCC. The van der Waals surface area contributed by atoms with E-state index in [0.29, 0.717) is 0 Å². The van der Waals surface area contributed by atoms with Gasteiger partial charge < -0.3 is 9.47 Å². The molecule has 0 aliphatic heterocycles. The van der Waals surface area contributed by atoms with Gasteiger partial charge in [-0.25, -0.2) is 0 Å². The predicted molar refractivity (Wildman–Crippen MR) is 80.4 cm³/mol. The van der Waals surface area contributed by atoms with Gasteiger partial charge in [0.05, 0.1) is 13.2 Å². The first-order valence-corrected chi connectivity index (χ1v) is 9.19. The second-order valence-electron chi connectivity index (χ2n) is 4.49. The van der Waals surface area contributed by atoms with Crippen molar-refractivity contribution in [1.82, 2.24) is 0 Å². The number of carbonyl (C=O) groups excluding carboxylic acids is 2. The lowest BCUT2D eigenvalue weighted by atomic mass is 9.81. The van der Waals surface area contributed by atoms with Crippen LogP contribution in [0.5, 0.6) is 0 Å². The zero-order chi connectivity index (χ0) is 15.6. The highest BCUT2D eigenvalue weighted by Crippen LogP contribution is 2.31. The molecule has 0 aromatic heterocycles. The van der Waals surface area contributed by atoms with Crippen LogP contribution in [-0.2, 0) is 19.1 Å². The van der Waals surface area contributed by atoms with Crippen LogP contribution in [0.1, 0.15) is 26.7 Å². The summed E-state index contributed by atoms with van der Waals surface area (Å²) in [5.41, 5.74) is 1.66. The summed E-state index contributed by atoms with van der Waals surface area (Å²) in [6.45, 7) is 11.5. The highest BCUT2D eigenvalue weighted by molar-refractivity contribution is 6.64. The molecule has 0 unspecified atom stereocenters. The molecule has 111 valence electrons. The standard InChI is InChI=1S/C15H23O4Si/c1-6-10-15(13(16)18-7-2,14(17)19-8-3)11-9-12-20(4)5/h6H,1,7-8,10-11H2,2-5H3. The summed E-state index contributed by atoms with van der Waals surface area (Å²) in [5.74, 6) is 1.76. The number of rotatable bonds is 7. The molecule has 0 saturated heterocycles. The summed E-state index contributed by atoms with van der Waals surface area (Å²) in [5, 5.41) is 0. The Morgan fingerprint density at radius 2 is 1.70 bits per heavy atom. The summed E-state index contributed by atoms with van der Waals surface area (Å²) in [6, 6.07) is 0. The van der Waals surface area contributed by atoms with Gasteiger partial charge in [0.2, 0.25) is 0 Å². The van der Waals surface area contributed by atoms with Gasteiger partial charge in [-0.05, 0) is 20.3 Å². The Morgan fingerprint density at radius 3 is 2.05 bits per heavy atom. The van der Waals surface area contributed by atoms with Gasteiger partial charge in [-0.1, -0.05) is 19.2 Å². The van der Waals surface area contributed by atoms with Gasteiger partial charge in [-0.2, -0.15) is 0 Å². The third-order valence-corrected chi connectivity index (χ3v) is 3.23. The fraction of sp³-hybridized carbons (Fsp3) is 0.600. The molecule has 0 aromatic rings. The van der Waals surface area contributed by atoms with E-state index >= 15 is 0 Å². The summed E-state index contributed by atoms with van der Waals surface area (Å²) < 4.78 is 10.1. The minimum Gasteiger partial charge on any atom is -0.465 e. The fourth-order valence-electron chi connectivity index (χ4n) is 1.62. The first kappa shape index (κ1) is 18.5. The largest absolute Gasteiger partial charge is 0.465 e. The van der Waals surface area contributed by atoms with E-state index in [1.165, 1.54) is 6.08 Å². The lowest BCUT2D eigenvalue weighted by Crippen LogP contribution is -2.41. The van der Waals surface area contributed by atoms with Crippen molar-refractivity contribution in [3.05, 3.63) is 12.7 Å². The molecule has 0 N–H and O–H groups in total. The first-order chi connectivity index (χ1) is 9.44. The third kappa shape index (κ3) is 5.22. The van der Waals surface area contributed by atoms with E-state index in [9.17, 15) is 9.59 Å². The van der Waals surface area contributed by atoms with Crippen molar-refractivity contribution in [2.45, 2.75) is 39.8 Å². The van der Waals surface area contributed by atoms with Gasteiger partial charge in [-0.3, -0.25) is 9.59 Å². The Hall–Kier alpha value is -1.54. The second-order valence-corrected chi connectivity index (χ2v) is 6.74. The van der Waals surface area contributed by atoms with E-state index in [1.807, 2.05) is 13.1 Å². The van der Waals surface area contributed by atoms with Crippen LogP contribution in [-0.4, -0.2) is 33.9 Å². The van der Waals surface area contributed by atoms with Gasteiger partial charge in [-0.15, -0.1) is 18.0 Å². The Morgan fingerprint density at radius 1 is 1.20 bits per heavy atom. The van der Waals surface area contributed by atoms with E-state index in [2.05, 4.69) is 18.0 Å². The Bertz CT molecular complexity index is 386. The smallest absolute Gasteiger partial charge is 0.324 e. The van der Waals surface area contributed by atoms with Gasteiger partial charge in [0, 0.05) is 6.42 Å². The quantitative estimate of drug-likeness (QED) is 0.238. The molecule has 0 amide bonds. The van der Waals surface area contributed by atoms with Crippen molar-refractivity contribution < 1.29 is 19.1 Å². The number of allylic oxidation sites excluding steroid dienone is 1. The maximum Gasteiger partial charge on any atom is 0.324 e. The van der Waals surface area contributed by atoms with Crippen LogP contribution in [0.2, 0.25) is 13.1 Å². The van der Waals surface area contributed by atoms with Crippen LogP contribution in [0.25, 0.3) is 0 Å². The normalized spacial score (nSPS) is 10.4. The molecule has 0 spiro atoms. The van der Waals surface area contributed by atoms with E-state index in [4.69, 9.17) is 9.47 Å². The summed E-state index contributed by atoms with van der Waals surface area (Å²) in [7, 11) is -0.737. The average molecular weight is 295 g/mol. The van der Waals surface area contributed by atoms with Gasteiger partial charge in [0.15, 0.2) is 5.41 Å². The molecule has 0 aliphatic rings. The van der Waals surface area contributed by atoms with Gasteiger partial charge >= 0.3 is 11.9 Å². The second kappa shape index (κ2) is 9.37. The zero-order valence-corrected chi connectivity index (χ0v) is 13.7. The number of carbonyl (C=O) groups is 2. The lowest BCUT2D eigenvalue weighted by Gasteiger charge is -2.26. The molecule has 20 heavy (non-hydrogen) atoms. The monoisotopic (exact) mass is 295 g/mol. The maximum absolute atomic E-state index is 12.2. The Balaban J connectivity index is 5.44. The third-order valence-electron chi connectivity index (χ3n) is 2.55. The van der Waals surface area contributed by atoms with Crippen molar-refractivity contribution in [2.24, 2.45) is 5.41 Å². The topological polar surface area (TPSA) is 52.6 Å². The predicted octanol–water partition coefficient (Wildman–Crippen LogP) is 2.36. The number of hydrogen-bond donors (Lipinski definition) is 0. The molecule has 0 aliphatic carbocycles. The van der Waals surface area contributed by atoms with Gasteiger partial charge in [0.25, 0.3) is 0 Å². The molecular formula is C15H23O4Si. The number of ether oxygens (including phenoxy) is 2. The summed E-state index contributed by atoms with van der Waals surface area (Å²) >= 11 is 0. The van der Waals surface area contributed by atoms with Crippen molar-refractivity contribution in [3.63, 3.8) is 0 Å². The van der Waals surface area contributed by atoms with E-state index in [0.717, 1.165) is 0 Å². The van der Waals surface area contributed by atoms with Crippen LogP contribution < -0.4 is 0 Å². The van der Waals surface area contributed by atoms with E-state index in [1.54, 1.807) is 13.8 Å². The van der Waals surface area contributed by atoms with E-state index in [-0.39, 0.29) is 26.1 Å². The summed E-state index contributed by atoms with van der Waals surface area (Å²) in [6.07, 6.45) is 1.79. The zero-order valence-electron chi connectivity index (χ0n) is 12.7.